The van der Waals surface area contributed by atoms with Crippen LogP contribution in [0.15, 0.2) is 60.7 Å². The fourth-order valence-electron chi connectivity index (χ4n) is 1.96. The molecule has 4 heteroatoms. The van der Waals surface area contributed by atoms with Crippen molar-refractivity contribution >= 4 is 29.2 Å². The Morgan fingerprint density at radius 2 is 1.70 bits per heavy atom. The molecule has 0 aliphatic rings. The van der Waals surface area contributed by atoms with Crippen molar-refractivity contribution in [1.29, 1.82) is 0 Å². The summed E-state index contributed by atoms with van der Waals surface area (Å²) >= 11 is 12.0. The summed E-state index contributed by atoms with van der Waals surface area (Å²) in [4.78, 5) is 10.8. The molecule has 2 nitrogen and oxygen atoms in total. The van der Waals surface area contributed by atoms with Gasteiger partial charge in [-0.05, 0) is 23.3 Å². The van der Waals surface area contributed by atoms with Gasteiger partial charge in [-0.25, -0.2) is 4.79 Å². The van der Waals surface area contributed by atoms with E-state index in [0.29, 0.717) is 10.0 Å². The zero-order valence-corrected chi connectivity index (χ0v) is 12.0. The van der Waals surface area contributed by atoms with E-state index in [1.54, 1.807) is 18.2 Å². The average Bonchev–Trinajstić information content (AvgIpc) is 2.44. The molecule has 20 heavy (non-hydrogen) atoms. The van der Waals surface area contributed by atoms with Crippen LogP contribution in [-0.2, 0) is 4.79 Å². The number of carboxylic acids is 1. The average molecular weight is 307 g/mol. The van der Waals surface area contributed by atoms with Gasteiger partial charge in [0.05, 0.1) is 10.0 Å². The van der Waals surface area contributed by atoms with Gasteiger partial charge in [0, 0.05) is 12.0 Å². The Hall–Kier alpha value is -1.77. The van der Waals surface area contributed by atoms with Crippen molar-refractivity contribution in [3.05, 3.63) is 81.9 Å². The largest absolute Gasteiger partial charge is 0.478 e. The SMILES string of the molecule is O=C(O)/C=C/C(c1ccccc1)c1ccc(Cl)c(Cl)c1. The summed E-state index contributed by atoms with van der Waals surface area (Å²) in [6.45, 7) is 0. The number of halogens is 2. The Kier molecular flexibility index (Phi) is 4.83. The molecule has 1 atom stereocenters. The summed E-state index contributed by atoms with van der Waals surface area (Å²) in [6.07, 6.45) is 2.78. The fourth-order valence-corrected chi connectivity index (χ4v) is 2.27. The third-order valence-electron chi connectivity index (χ3n) is 2.89. The van der Waals surface area contributed by atoms with Crippen LogP contribution in [0.2, 0.25) is 10.0 Å². The van der Waals surface area contributed by atoms with E-state index in [0.717, 1.165) is 17.2 Å². The molecule has 0 aliphatic heterocycles. The molecule has 0 aliphatic carbocycles. The highest BCUT2D eigenvalue weighted by atomic mass is 35.5. The number of carbonyl (C=O) groups is 1. The lowest BCUT2D eigenvalue weighted by Gasteiger charge is -2.14. The van der Waals surface area contributed by atoms with Crippen molar-refractivity contribution in [3.8, 4) is 0 Å². The molecule has 2 rings (SSSR count). The van der Waals surface area contributed by atoms with Crippen molar-refractivity contribution < 1.29 is 9.90 Å². The Morgan fingerprint density at radius 1 is 1.00 bits per heavy atom. The molecule has 0 amide bonds. The van der Waals surface area contributed by atoms with E-state index < -0.39 is 5.97 Å². The Balaban J connectivity index is 2.45. The van der Waals surface area contributed by atoms with Crippen LogP contribution in [0.25, 0.3) is 0 Å². The monoisotopic (exact) mass is 306 g/mol. The van der Waals surface area contributed by atoms with Crippen LogP contribution < -0.4 is 0 Å². The maximum absolute atomic E-state index is 10.8. The summed E-state index contributed by atoms with van der Waals surface area (Å²) in [5.74, 6) is -1.16. The lowest BCUT2D eigenvalue weighted by atomic mass is 9.91. The van der Waals surface area contributed by atoms with Crippen LogP contribution in [0.4, 0.5) is 0 Å². The standard InChI is InChI=1S/C16H12Cl2O2/c17-14-8-6-12(10-15(14)18)13(7-9-16(19)20)11-4-2-1-3-5-11/h1-10,13H,(H,19,20)/b9-7+. The van der Waals surface area contributed by atoms with Gasteiger partial charge < -0.3 is 5.11 Å². The molecule has 0 saturated heterocycles. The van der Waals surface area contributed by atoms with Crippen LogP contribution in [0, 0.1) is 0 Å². The zero-order chi connectivity index (χ0) is 14.5. The molecule has 2 aromatic rings. The molecule has 0 aromatic heterocycles. The molecule has 0 bridgehead atoms. The van der Waals surface area contributed by atoms with Crippen LogP contribution in [-0.4, -0.2) is 11.1 Å². The zero-order valence-electron chi connectivity index (χ0n) is 10.5. The second kappa shape index (κ2) is 6.60. The summed E-state index contributed by atoms with van der Waals surface area (Å²) < 4.78 is 0. The fraction of sp³-hybridized carbons (Fsp3) is 0.0625. The third kappa shape index (κ3) is 3.62. The number of hydrogen-bond acceptors (Lipinski definition) is 1. The highest BCUT2D eigenvalue weighted by molar-refractivity contribution is 6.42. The van der Waals surface area contributed by atoms with Gasteiger partial charge >= 0.3 is 5.97 Å². The summed E-state index contributed by atoms with van der Waals surface area (Å²) in [5.41, 5.74) is 1.88. The van der Waals surface area contributed by atoms with Crippen molar-refractivity contribution in [2.24, 2.45) is 0 Å². The molecule has 0 saturated carbocycles. The molecule has 102 valence electrons. The van der Waals surface area contributed by atoms with Gasteiger partial charge in [0.15, 0.2) is 0 Å². The van der Waals surface area contributed by atoms with Crippen molar-refractivity contribution in [2.75, 3.05) is 0 Å². The maximum atomic E-state index is 10.8. The van der Waals surface area contributed by atoms with Crippen molar-refractivity contribution in [3.63, 3.8) is 0 Å². The van der Waals surface area contributed by atoms with E-state index in [4.69, 9.17) is 28.3 Å². The van der Waals surface area contributed by atoms with Crippen molar-refractivity contribution in [2.45, 2.75) is 5.92 Å². The summed E-state index contributed by atoms with van der Waals surface area (Å²) in [7, 11) is 0. The Bertz CT molecular complexity index is 636. The van der Waals surface area contributed by atoms with Crippen LogP contribution in [0.5, 0.6) is 0 Å². The highest BCUT2D eigenvalue weighted by Gasteiger charge is 2.12. The quantitative estimate of drug-likeness (QED) is 0.826. The lowest BCUT2D eigenvalue weighted by molar-refractivity contribution is -0.131. The molecular weight excluding hydrogens is 295 g/mol. The molecule has 0 heterocycles. The molecule has 1 unspecified atom stereocenters. The number of hydrogen-bond donors (Lipinski definition) is 1. The number of benzene rings is 2. The Morgan fingerprint density at radius 3 is 2.30 bits per heavy atom. The van der Waals surface area contributed by atoms with Gasteiger partial charge in [-0.15, -0.1) is 0 Å². The van der Waals surface area contributed by atoms with Gasteiger partial charge in [0.25, 0.3) is 0 Å². The first kappa shape index (κ1) is 14.6. The van der Waals surface area contributed by atoms with Gasteiger partial charge in [-0.2, -0.15) is 0 Å². The van der Waals surface area contributed by atoms with E-state index in [1.165, 1.54) is 0 Å². The predicted octanol–water partition coefficient (Wildman–Crippen LogP) is 4.77. The number of allylic oxidation sites excluding steroid dienone is 1. The van der Waals surface area contributed by atoms with E-state index in [9.17, 15) is 4.79 Å². The Labute approximate surface area is 127 Å². The minimum absolute atomic E-state index is 0.179. The maximum Gasteiger partial charge on any atom is 0.328 e. The van der Waals surface area contributed by atoms with Crippen LogP contribution in [0.1, 0.15) is 17.0 Å². The van der Waals surface area contributed by atoms with Gasteiger partial charge in [0.1, 0.15) is 0 Å². The first-order chi connectivity index (χ1) is 9.58. The number of aliphatic carboxylic acids is 1. The normalized spacial score (nSPS) is 12.5. The number of carboxylic acid groups (broad SMARTS) is 1. The minimum atomic E-state index is -0.981. The number of rotatable bonds is 4. The van der Waals surface area contributed by atoms with Gasteiger partial charge in [-0.3, -0.25) is 0 Å². The van der Waals surface area contributed by atoms with E-state index in [-0.39, 0.29) is 5.92 Å². The summed E-state index contributed by atoms with van der Waals surface area (Å²) in [6, 6.07) is 14.9. The highest BCUT2D eigenvalue weighted by Crippen LogP contribution is 2.31. The van der Waals surface area contributed by atoms with Gasteiger partial charge in [0.2, 0.25) is 0 Å². The lowest BCUT2D eigenvalue weighted by Crippen LogP contribution is -1.99. The van der Waals surface area contributed by atoms with Crippen LogP contribution in [0.3, 0.4) is 0 Å². The molecule has 0 radical (unpaired) electrons. The first-order valence-corrected chi connectivity index (χ1v) is 6.74. The molecule has 0 spiro atoms. The molecule has 2 aromatic carbocycles. The predicted molar refractivity (Wildman–Crippen MR) is 81.5 cm³/mol. The minimum Gasteiger partial charge on any atom is -0.478 e. The van der Waals surface area contributed by atoms with Gasteiger partial charge in [-0.1, -0.05) is 65.7 Å². The smallest absolute Gasteiger partial charge is 0.328 e. The van der Waals surface area contributed by atoms with E-state index in [2.05, 4.69) is 0 Å². The van der Waals surface area contributed by atoms with Crippen molar-refractivity contribution in [1.82, 2.24) is 0 Å². The van der Waals surface area contributed by atoms with E-state index in [1.807, 2.05) is 36.4 Å². The topological polar surface area (TPSA) is 37.3 Å². The van der Waals surface area contributed by atoms with E-state index >= 15 is 0 Å². The molecule has 0 fully saturated rings. The molecular formula is C16H12Cl2O2. The second-order valence-electron chi connectivity index (χ2n) is 4.26. The molecule has 1 N–H and O–H groups in total. The first-order valence-electron chi connectivity index (χ1n) is 5.99. The summed E-state index contributed by atoms with van der Waals surface area (Å²) in [5, 5.41) is 9.75. The second-order valence-corrected chi connectivity index (χ2v) is 5.07. The third-order valence-corrected chi connectivity index (χ3v) is 3.63. The van der Waals surface area contributed by atoms with Crippen LogP contribution >= 0.6 is 23.2 Å².